The molecule has 0 aromatic rings. The molecule has 0 radical (unpaired) electrons. The molecule has 6 N–H and O–H groups in total. The van der Waals surface area contributed by atoms with E-state index >= 15 is 0 Å². The van der Waals surface area contributed by atoms with Crippen LogP contribution in [0.5, 0.6) is 0 Å². The van der Waals surface area contributed by atoms with Crippen LogP contribution in [0.2, 0.25) is 0 Å². The summed E-state index contributed by atoms with van der Waals surface area (Å²) in [4.78, 5) is 33.4. The third kappa shape index (κ3) is 13.3. The molecular weight excluding hydrogens is 527 g/mol. The number of carbonyl (C=O) groups is 2. The molecule has 6 unspecified atom stereocenters. The molecule has 0 aromatic heterocycles. The maximum Gasteiger partial charge on any atom is 0.472 e. The van der Waals surface area contributed by atoms with Crippen molar-refractivity contribution in [3.8, 4) is 0 Å². The Morgan fingerprint density at radius 1 is 0.763 bits per heavy atom. The van der Waals surface area contributed by atoms with E-state index in [1.54, 1.807) is 0 Å². The number of aliphatic hydroxyl groups is 5. The van der Waals surface area contributed by atoms with E-state index in [-0.39, 0.29) is 6.42 Å². The Labute approximate surface area is 223 Å². The van der Waals surface area contributed by atoms with Gasteiger partial charge in [-0.2, -0.15) is 0 Å². The third-order valence-corrected chi connectivity index (χ3v) is 7.24. The highest BCUT2D eigenvalue weighted by Crippen LogP contribution is 2.47. The van der Waals surface area contributed by atoms with Crippen LogP contribution < -0.4 is 0 Å². The van der Waals surface area contributed by atoms with Crippen LogP contribution in [0.15, 0.2) is 0 Å². The predicted octanol–water partition coefficient (Wildman–Crippen LogP) is 1.09. The quantitative estimate of drug-likeness (QED) is 0.0728. The Bertz CT molecular complexity index is 720. The van der Waals surface area contributed by atoms with Gasteiger partial charge in [-0.05, 0) is 6.42 Å². The average Bonchev–Trinajstić information content (AvgIpc) is 2.87. The summed E-state index contributed by atoms with van der Waals surface area (Å²) in [6.45, 7) is 2.11. The second kappa shape index (κ2) is 18.2. The van der Waals surface area contributed by atoms with Crippen molar-refractivity contribution in [2.75, 3.05) is 13.2 Å². The second-order valence-electron chi connectivity index (χ2n) is 9.63. The Morgan fingerprint density at radius 3 is 1.74 bits per heavy atom. The summed E-state index contributed by atoms with van der Waals surface area (Å²) in [6, 6.07) is 0. The van der Waals surface area contributed by atoms with Gasteiger partial charge in [-0.1, -0.05) is 64.7 Å². The fourth-order valence-electron chi connectivity index (χ4n) is 4.01. The van der Waals surface area contributed by atoms with Gasteiger partial charge >= 0.3 is 19.8 Å². The Morgan fingerprint density at radius 2 is 1.24 bits per heavy atom. The maximum absolute atomic E-state index is 12.4. The first kappa shape index (κ1) is 34.9. The predicted molar refractivity (Wildman–Crippen MR) is 134 cm³/mol. The number of carbonyl (C=O) groups excluding carboxylic acids is 2. The van der Waals surface area contributed by atoms with Crippen LogP contribution in [0.1, 0.15) is 84.5 Å². The van der Waals surface area contributed by atoms with Crippen molar-refractivity contribution in [1.29, 1.82) is 0 Å². The summed E-state index contributed by atoms with van der Waals surface area (Å²) in [5.41, 5.74) is 0. The molecular formula is C24H45O13P. The van der Waals surface area contributed by atoms with Gasteiger partial charge in [-0.3, -0.25) is 18.6 Å². The van der Waals surface area contributed by atoms with Crippen LogP contribution >= 0.6 is 7.82 Å². The third-order valence-electron chi connectivity index (χ3n) is 6.26. The minimum absolute atomic E-state index is 0.0962. The molecule has 1 aliphatic rings. The Balaban J connectivity index is 2.49. The van der Waals surface area contributed by atoms with E-state index in [9.17, 15) is 44.6 Å². The molecule has 1 fully saturated rings. The van der Waals surface area contributed by atoms with Crippen LogP contribution in [-0.2, 0) is 32.7 Å². The van der Waals surface area contributed by atoms with Crippen LogP contribution in [0.4, 0.5) is 0 Å². The van der Waals surface area contributed by atoms with Crippen LogP contribution in [-0.4, -0.2) is 98.3 Å². The number of unbranched alkanes of at least 4 members (excludes halogenated alkanes) is 9. The molecule has 38 heavy (non-hydrogen) atoms. The van der Waals surface area contributed by atoms with E-state index in [2.05, 4.69) is 6.92 Å². The number of hydrogen-bond acceptors (Lipinski definition) is 12. The number of ether oxygens (including phenoxy) is 2. The molecule has 1 aliphatic carbocycles. The second-order valence-corrected chi connectivity index (χ2v) is 11.0. The first-order valence-corrected chi connectivity index (χ1v) is 14.8. The highest BCUT2D eigenvalue weighted by molar-refractivity contribution is 7.47. The maximum atomic E-state index is 12.4. The Hall–Kier alpha value is -1.15. The summed E-state index contributed by atoms with van der Waals surface area (Å²) in [7, 11) is -5.06. The fraction of sp³-hybridized carbons (Fsp3) is 0.917. The van der Waals surface area contributed by atoms with Gasteiger partial charge in [0.15, 0.2) is 6.10 Å². The first-order chi connectivity index (χ1) is 17.9. The van der Waals surface area contributed by atoms with Crippen molar-refractivity contribution in [2.24, 2.45) is 0 Å². The monoisotopic (exact) mass is 572 g/mol. The smallest absolute Gasteiger partial charge is 0.462 e. The number of phosphoric ester groups is 1. The highest BCUT2D eigenvalue weighted by atomic mass is 31.2. The van der Waals surface area contributed by atoms with E-state index in [1.165, 1.54) is 32.1 Å². The highest BCUT2D eigenvalue weighted by Gasteiger charge is 2.51. The van der Waals surface area contributed by atoms with Gasteiger partial charge in [0.2, 0.25) is 0 Å². The number of hydrogen-bond donors (Lipinski definition) is 6. The summed E-state index contributed by atoms with van der Waals surface area (Å²) >= 11 is 0. The molecule has 0 saturated heterocycles. The molecule has 0 amide bonds. The van der Waals surface area contributed by atoms with Crippen LogP contribution in [0.3, 0.4) is 0 Å². The zero-order valence-corrected chi connectivity index (χ0v) is 23.1. The zero-order valence-electron chi connectivity index (χ0n) is 22.2. The van der Waals surface area contributed by atoms with E-state index in [4.69, 9.17) is 18.5 Å². The number of phosphoric acid groups is 1. The Kier molecular flexibility index (Phi) is 16.7. The lowest BCUT2D eigenvalue weighted by atomic mass is 9.85. The van der Waals surface area contributed by atoms with Crippen molar-refractivity contribution in [3.05, 3.63) is 0 Å². The molecule has 6 atom stereocenters. The van der Waals surface area contributed by atoms with Crippen molar-refractivity contribution in [3.63, 3.8) is 0 Å². The van der Waals surface area contributed by atoms with Gasteiger partial charge < -0.3 is 39.9 Å². The normalized spacial score (nSPS) is 27.9. The summed E-state index contributed by atoms with van der Waals surface area (Å²) < 4.78 is 31.9. The number of esters is 2. The first-order valence-electron chi connectivity index (χ1n) is 13.3. The van der Waals surface area contributed by atoms with Crippen molar-refractivity contribution in [1.82, 2.24) is 0 Å². The SMILES string of the molecule is CCCCCCCCCCCCC(=O)OC(COC(C)=O)COP(=O)(O)OC1C(O)C(O)C(O)C(O)C1O. The van der Waals surface area contributed by atoms with E-state index in [0.29, 0.717) is 6.42 Å². The minimum Gasteiger partial charge on any atom is -0.462 e. The molecule has 0 spiro atoms. The average molecular weight is 573 g/mol. The van der Waals surface area contributed by atoms with Gasteiger partial charge in [0, 0.05) is 13.3 Å². The zero-order chi connectivity index (χ0) is 28.7. The van der Waals surface area contributed by atoms with Gasteiger partial charge in [0.05, 0.1) is 6.61 Å². The number of rotatable bonds is 19. The molecule has 0 heterocycles. The summed E-state index contributed by atoms with van der Waals surface area (Å²) in [5.74, 6) is -1.29. The molecule has 0 aliphatic heterocycles. The molecule has 1 rings (SSSR count). The van der Waals surface area contributed by atoms with Crippen molar-refractivity contribution < 1.29 is 63.1 Å². The molecule has 0 aromatic carbocycles. The van der Waals surface area contributed by atoms with Crippen LogP contribution in [0.25, 0.3) is 0 Å². The fourth-order valence-corrected chi connectivity index (χ4v) is 4.98. The molecule has 1 saturated carbocycles. The van der Waals surface area contributed by atoms with Gasteiger partial charge in [0.25, 0.3) is 0 Å². The largest absolute Gasteiger partial charge is 0.472 e. The molecule has 224 valence electrons. The van der Waals surface area contributed by atoms with Crippen molar-refractivity contribution >= 4 is 19.8 Å². The minimum atomic E-state index is -5.06. The van der Waals surface area contributed by atoms with Gasteiger partial charge in [-0.15, -0.1) is 0 Å². The van der Waals surface area contributed by atoms with E-state index in [1.807, 2.05) is 0 Å². The molecule has 14 heteroatoms. The van der Waals surface area contributed by atoms with E-state index in [0.717, 1.165) is 32.6 Å². The van der Waals surface area contributed by atoms with E-state index < -0.39 is 75.7 Å². The standard InChI is InChI=1S/C24H45O13P/c1-3-4-5-6-7-8-9-10-11-12-13-18(26)36-17(14-34-16(2)25)15-35-38(32,33)37-24-22(30)20(28)19(27)21(29)23(24)31/h17,19-24,27-31H,3-15H2,1-2H3,(H,32,33). The lowest BCUT2D eigenvalue weighted by molar-refractivity contribution is -0.220. The lowest BCUT2D eigenvalue weighted by Crippen LogP contribution is -2.64. The van der Waals surface area contributed by atoms with Gasteiger partial charge in [0.1, 0.15) is 43.2 Å². The lowest BCUT2D eigenvalue weighted by Gasteiger charge is -2.41. The molecule has 13 nitrogen and oxygen atoms in total. The van der Waals surface area contributed by atoms with Crippen molar-refractivity contribution in [2.45, 2.75) is 127 Å². The summed E-state index contributed by atoms with van der Waals surface area (Å²) in [5, 5.41) is 49.0. The topological polar surface area (TPSA) is 210 Å². The van der Waals surface area contributed by atoms with Gasteiger partial charge in [-0.25, -0.2) is 4.57 Å². The summed E-state index contributed by atoms with van der Waals surface area (Å²) in [6.07, 6.45) is -2.18. The molecule has 0 bridgehead atoms. The van der Waals surface area contributed by atoms with Crippen LogP contribution in [0, 0.1) is 0 Å². The number of aliphatic hydroxyl groups excluding tert-OH is 5.